The zero-order valence-corrected chi connectivity index (χ0v) is 32.0. The summed E-state index contributed by atoms with van der Waals surface area (Å²) in [5.41, 5.74) is 2.09. The van der Waals surface area contributed by atoms with Crippen molar-refractivity contribution in [3.05, 3.63) is 64.6 Å². The molecular formula is C39H44F2N12O5. The van der Waals surface area contributed by atoms with Gasteiger partial charge in [0.05, 0.1) is 53.4 Å². The Bertz CT molecular complexity index is 2490. The Morgan fingerprint density at radius 1 is 1.00 bits per heavy atom. The number of anilines is 3. The van der Waals surface area contributed by atoms with Crippen molar-refractivity contribution in [3.63, 3.8) is 0 Å². The SMILES string of the molecule is Cn1c(=O)n(C2CCC(=O)NC2=O)c2cccc(N3CCN([C@H]4CC[C@H](n5cc(NC(=O)c6cnn7ccc(N8C[C@H]9C[C@@H]8CO9)nc67)c(C(F)F)n5)CC4)CC3)c21. The van der Waals surface area contributed by atoms with Gasteiger partial charge < -0.3 is 19.9 Å². The lowest BCUT2D eigenvalue weighted by Gasteiger charge is -2.42. The monoisotopic (exact) mass is 798 g/mol. The standard InChI is InChI=1S/C39H44F2N12O5/c1-47-34-28(3-2-4-29(34)53(39(47)57)30-9-10-32(54)45-38(30)56)49-15-13-48(14-16-49)22-5-7-23(8-6-22)52-20-27(33(46-52)35(40)41)43-37(55)26-18-42-51-12-11-31(44-36(26)51)50-19-25-17-24(50)21-58-25/h2-4,11-12,18,20,22-25,30,35H,5-10,13-17,19,21H2,1H3,(H,43,55)(H,45,54,56)/t22-,23-,24-,25-,30?/m1/s1. The number of rotatable bonds is 8. The van der Waals surface area contributed by atoms with Crippen molar-refractivity contribution >= 4 is 51.6 Å². The van der Waals surface area contributed by atoms with Crippen LogP contribution in [-0.4, -0.2) is 114 Å². The molecule has 1 aliphatic carbocycles. The number of carbonyl (C=O) groups excluding carboxylic acids is 3. The first kappa shape index (κ1) is 36.6. The van der Waals surface area contributed by atoms with Gasteiger partial charge in [-0.1, -0.05) is 6.07 Å². The van der Waals surface area contributed by atoms with E-state index >= 15 is 0 Å². The van der Waals surface area contributed by atoms with E-state index in [9.17, 15) is 28.0 Å². The molecule has 2 bridgehead atoms. The molecule has 5 aromatic rings. The quantitative estimate of drug-likeness (QED) is 0.222. The Hall–Kier alpha value is -5.69. The van der Waals surface area contributed by atoms with Gasteiger partial charge in [-0.3, -0.25) is 38.4 Å². The number of hydrogen-bond donors (Lipinski definition) is 2. The number of aryl methyl sites for hydroxylation is 1. The predicted octanol–water partition coefficient (Wildman–Crippen LogP) is 3.03. The van der Waals surface area contributed by atoms with Crippen LogP contribution in [0, 0.1) is 0 Å². The summed E-state index contributed by atoms with van der Waals surface area (Å²) in [6.07, 6.45) is 6.61. The minimum absolute atomic E-state index is 0.0253. The number of imidazole rings is 1. The van der Waals surface area contributed by atoms with Crippen molar-refractivity contribution in [2.75, 3.05) is 54.4 Å². The van der Waals surface area contributed by atoms with E-state index in [0.29, 0.717) is 23.8 Å². The van der Waals surface area contributed by atoms with Gasteiger partial charge in [0, 0.05) is 64.6 Å². The maximum absolute atomic E-state index is 14.3. The van der Waals surface area contributed by atoms with Crippen LogP contribution in [-0.2, 0) is 21.4 Å². The normalized spacial score (nSPS) is 25.4. The molecule has 1 aromatic carbocycles. The molecule has 0 spiro atoms. The van der Waals surface area contributed by atoms with Crippen LogP contribution in [0.2, 0.25) is 0 Å². The highest BCUT2D eigenvalue weighted by molar-refractivity contribution is 6.08. The Morgan fingerprint density at radius 2 is 1.79 bits per heavy atom. The molecule has 4 aromatic heterocycles. The minimum Gasteiger partial charge on any atom is -0.374 e. The van der Waals surface area contributed by atoms with E-state index in [1.165, 1.54) is 21.5 Å². The molecule has 3 amide bonds. The summed E-state index contributed by atoms with van der Waals surface area (Å²) >= 11 is 0. The molecule has 304 valence electrons. The molecule has 3 atom stereocenters. The summed E-state index contributed by atoms with van der Waals surface area (Å²) in [5.74, 6) is -0.644. The maximum Gasteiger partial charge on any atom is 0.329 e. The van der Waals surface area contributed by atoms with Crippen LogP contribution in [0.3, 0.4) is 0 Å². The molecular weight excluding hydrogens is 755 g/mol. The third-order valence-electron chi connectivity index (χ3n) is 12.8. The molecule has 5 fully saturated rings. The summed E-state index contributed by atoms with van der Waals surface area (Å²) in [7, 11) is 1.72. The minimum atomic E-state index is -2.88. The smallest absolute Gasteiger partial charge is 0.329 e. The van der Waals surface area contributed by atoms with Gasteiger partial charge >= 0.3 is 5.69 Å². The van der Waals surface area contributed by atoms with Crippen LogP contribution in [0.15, 0.2) is 47.7 Å². The van der Waals surface area contributed by atoms with Crippen LogP contribution in [0.4, 0.5) is 26.0 Å². The first-order valence-electron chi connectivity index (χ1n) is 20.0. The zero-order chi connectivity index (χ0) is 39.8. The average molecular weight is 799 g/mol. The van der Waals surface area contributed by atoms with Crippen molar-refractivity contribution in [1.29, 1.82) is 0 Å². The van der Waals surface area contributed by atoms with Crippen molar-refractivity contribution in [2.24, 2.45) is 7.05 Å². The fourth-order valence-electron chi connectivity index (χ4n) is 9.82. The molecule has 5 aliphatic rings. The lowest BCUT2D eigenvalue weighted by Crippen LogP contribution is -2.51. The number of carbonyl (C=O) groups is 3. The van der Waals surface area contributed by atoms with E-state index in [-0.39, 0.29) is 53.9 Å². The van der Waals surface area contributed by atoms with Crippen molar-refractivity contribution in [2.45, 2.75) is 81.6 Å². The zero-order valence-electron chi connectivity index (χ0n) is 32.0. The third kappa shape index (κ3) is 6.21. The van der Waals surface area contributed by atoms with Crippen LogP contribution in [0.5, 0.6) is 0 Å². The average Bonchev–Trinajstić information content (AvgIpc) is 4.08. The van der Waals surface area contributed by atoms with Crippen LogP contribution in [0.1, 0.15) is 79.5 Å². The third-order valence-corrected chi connectivity index (χ3v) is 12.8. The van der Waals surface area contributed by atoms with Crippen molar-refractivity contribution < 1.29 is 27.9 Å². The van der Waals surface area contributed by atoms with E-state index < -0.39 is 30.0 Å². The number of hydrogen-bond acceptors (Lipinski definition) is 11. The Balaban J connectivity index is 0.785. The summed E-state index contributed by atoms with van der Waals surface area (Å²) in [4.78, 5) is 63.2. The molecule has 4 aliphatic heterocycles. The number of nitrogens with zero attached hydrogens (tertiary/aromatic N) is 10. The van der Waals surface area contributed by atoms with Crippen molar-refractivity contribution in [3.8, 4) is 0 Å². The van der Waals surface area contributed by atoms with Gasteiger partial charge in [0.1, 0.15) is 17.4 Å². The number of nitrogens with one attached hydrogen (secondary N) is 2. The van der Waals surface area contributed by atoms with Gasteiger partial charge in [-0.2, -0.15) is 10.2 Å². The first-order chi connectivity index (χ1) is 28.1. The molecule has 10 rings (SSSR count). The highest BCUT2D eigenvalue weighted by Crippen LogP contribution is 2.37. The molecule has 8 heterocycles. The molecule has 0 radical (unpaired) electrons. The number of para-hydroxylation sites is 1. The van der Waals surface area contributed by atoms with Gasteiger partial charge in [-0.15, -0.1) is 0 Å². The number of ether oxygens (including phenoxy) is 1. The van der Waals surface area contributed by atoms with Gasteiger partial charge in [0.25, 0.3) is 12.3 Å². The summed E-state index contributed by atoms with van der Waals surface area (Å²) in [6.45, 7) is 4.48. The summed E-state index contributed by atoms with van der Waals surface area (Å²) in [6, 6.07) is 7.34. The number of benzene rings is 1. The van der Waals surface area contributed by atoms with Gasteiger partial charge in [0.15, 0.2) is 11.3 Å². The number of fused-ring (bicyclic) bond motifs is 4. The number of alkyl halides is 2. The highest BCUT2D eigenvalue weighted by Gasteiger charge is 2.40. The van der Waals surface area contributed by atoms with E-state index in [1.54, 1.807) is 22.5 Å². The number of piperazine rings is 1. The van der Waals surface area contributed by atoms with E-state index in [4.69, 9.17) is 9.72 Å². The largest absolute Gasteiger partial charge is 0.374 e. The topological polar surface area (TPSA) is 169 Å². The fourth-order valence-corrected chi connectivity index (χ4v) is 9.82. The van der Waals surface area contributed by atoms with E-state index in [2.05, 4.69) is 35.5 Å². The Labute approximate surface area is 330 Å². The number of amides is 3. The number of imide groups is 1. The van der Waals surface area contributed by atoms with E-state index in [1.807, 2.05) is 24.3 Å². The second-order valence-electron chi connectivity index (χ2n) is 16.1. The molecule has 1 saturated carbocycles. The first-order valence-corrected chi connectivity index (χ1v) is 20.0. The fraction of sp³-hybridized carbons (Fsp3) is 0.513. The Morgan fingerprint density at radius 3 is 2.52 bits per heavy atom. The second kappa shape index (κ2) is 14.3. The highest BCUT2D eigenvalue weighted by atomic mass is 19.3. The van der Waals surface area contributed by atoms with Gasteiger partial charge in [-0.25, -0.2) is 23.1 Å². The molecule has 1 unspecified atom stereocenters. The number of aromatic nitrogens is 7. The predicted molar refractivity (Wildman–Crippen MR) is 207 cm³/mol. The van der Waals surface area contributed by atoms with Crippen LogP contribution < -0.4 is 26.1 Å². The van der Waals surface area contributed by atoms with Gasteiger partial charge in [0.2, 0.25) is 11.8 Å². The molecule has 17 nitrogen and oxygen atoms in total. The Kier molecular flexibility index (Phi) is 9.03. The number of morpholine rings is 1. The molecule has 58 heavy (non-hydrogen) atoms. The van der Waals surface area contributed by atoms with Crippen molar-refractivity contribution in [1.82, 2.24) is 43.7 Å². The second-order valence-corrected chi connectivity index (χ2v) is 16.1. The number of halogens is 2. The lowest BCUT2D eigenvalue weighted by molar-refractivity contribution is -0.135. The van der Waals surface area contributed by atoms with Gasteiger partial charge in [-0.05, 0) is 56.7 Å². The summed E-state index contributed by atoms with van der Waals surface area (Å²) < 4.78 is 40.6. The molecule has 4 saturated heterocycles. The van der Waals surface area contributed by atoms with E-state index in [0.717, 1.165) is 81.8 Å². The van der Waals surface area contributed by atoms with Crippen LogP contribution >= 0.6 is 0 Å². The summed E-state index contributed by atoms with van der Waals surface area (Å²) in [5, 5.41) is 13.6. The molecule has 19 heteroatoms. The molecule has 2 N–H and O–H groups in total. The maximum atomic E-state index is 14.3. The lowest BCUT2D eigenvalue weighted by atomic mass is 9.90. The van der Waals surface area contributed by atoms with Crippen LogP contribution in [0.25, 0.3) is 16.7 Å². The number of piperidine rings is 1.